The number of hydrogen-bond donors (Lipinski definition) is 2. The van der Waals surface area contributed by atoms with Crippen LogP contribution in [-0.2, 0) is 24.2 Å². The van der Waals surface area contributed by atoms with Gasteiger partial charge in [0.25, 0.3) is 0 Å². The standard InChI is InChI=1S/C21H31N5OS.HI/c1-16-20(28-17(2)25-16)8-9-23-21(22-3)24-14-18-6-4-5-7-19(18)15-26-10-12-27-13-11-26;/h4-7H,8-15H2,1-3H3,(H2,22,23,24);1H. The van der Waals surface area contributed by atoms with Gasteiger partial charge < -0.3 is 15.4 Å². The van der Waals surface area contributed by atoms with Crippen molar-refractivity contribution in [3.05, 3.63) is 51.0 Å². The van der Waals surface area contributed by atoms with Gasteiger partial charge in [-0.25, -0.2) is 4.98 Å². The highest BCUT2D eigenvalue weighted by molar-refractivity contribution is 14.0. The number of hydrogen-bond acceptors (Lipinski definition) is 5. The first kappa shape index (κ1) is 24.0. The molecule has 2 heterocycles. The second-order valence-corrected chi connectivity index (χ2v) is 8.29. The summed E-state index contributed by atoms with van der Waals surface area (Å²) in [4.78, 5) is 12.7. The Morgan fingerprint density at radius 2 is 1.90 bits per heavy atom. The molecule has 1 fully saturated rings. The van der Waals surface area contributed by atoms with Crippen molar-refractivity contribution >= 4 is 41.3 Å². The van der Waals surface area contributed by atoms with Crippen molar-refractivity contribution in [3.8, 4) is 0 Å². The van der Waals surface area contributed by atoms with Crippen molar-refractivity contribution in [2.45, 2.75) is 33.4 Å². The maximum absolute atomic E-state index is 5.46. The van der Waals surface area contributed by atoms with Crippen molar-refractivity contribution in [2.24, 2.45) is 4.99 Å². The number of nitrogens with zero attached hydrogens (tertiary/aromatic N) is 3. The van der Waals surface area contributed by atoms with Crippen LogP contribution in [0.2, 0.25) is 0 Å². The van der Waals surface area contributed by atoms with Crippen LogP contribution >= 0.6 is 35.3 Å². The highest BCUT2D eigenvalue weighted by atomic mass is 127. The van der Waals surface area contributed by atoms with Gasteiger partial charge in [-0.1, -0.05) is 24.3 Å². The Balaban J connectivity index is 0.00000300. The number of guanidine groups is 1. The molecule has 160 valence electrons. The van der Waals surface area contributed by atoms with Gasteiger partial charge >= 0.3 is 0 Å². The number of aliphatic imine (C=N–C) groups is 1. The largest absolute Gasteiger partial charge is 0.379 e. The van der Waals surface area contributed by atoms with Crippen LogP contribution in [0.5, 0.6) is 0 Å². The van der Waals surface area contributed by atoms with Gasteiger partial charge in [0.15, 0.2) is 5.96 Å². The van der Waals surface area contributed by atoms with Crippen LogP contribution in [0.1, 0.15) is 26.7 Å². The van der Waals surface area contributed by atoms with Gasteiger partial charge in [-0.15, -0.1) is 35.3 Å². The number of aromatic nitrogens is 1. The van der Waals surface area contributed by atoms with E-state index in [1.807, 2.05) is 7.05 Å². The number of benzene rings is 1. The van der Waals surface area contributed by atoms with E-state index < -0.39 is 0 Å². The third-order valence-corrected chi connectivity index (χ3v) is 6.06. The molecular weight excluding hydrogens is 497 g/mol. The van der Waals surface area contributed by atoms with Crippen LogP contribution in [-0.4, -0.2) is 55.7 Å². The van der Waals surface area contributed by atoms with Crippen molar-refractivity contribution in [1.82, 2.24) is 20.5 Å². The molecule has 1 saturated heterocycles. The Morgan fingerprint density at radius 3 is 2.55 bits per heavy atom. The SMILES string of the molecule is CN=C(NCCc1sc(C)nc1C)NCc1ccccc1CN1CCOCC1.I. The average molecular weight is 529 g/mol. The van der Waals surface area contributed by atoms with Gasteiger partial charge in [-0.2, -0.15) is 0 Å². The van der Waals surface area contributed by atoms with Crippen LogP contribution in [0.4, 0.5) is 0 Å². The molecule has 0 spiro atoms. The molecule has 1 aromatic carbocycles. The van der Waals surface area contributed by atoms with Crippen LogP contribution < -0.4 is 10.6 Å². The lowest BCUT2D eigenvalue weighted by atomic mass is 10.1. The third-order valence-electron chi connectivity index (χ3n) is 4.93. The summed E-state index contributed by atoms with van der Waals surface area (Å²) in [6.45, 7) is 10.4. The smallest absolute Gasteiger partial charge is 0.191 e. The lowest BCUT2D eigenvalue weighted by Gasteiger charge is -2.27. The van der Waals surface area contributed by atoms with Crippen molar-refractivity contribution in [1.29, 1.82) is 0 Å². The van der Waals surface area contributed by atoms with E-state index in [4.69, 9.17) is 4.74 Å². The van der Waals surface area contributed by atoms with Crippen LogP contribution in [0.3, 0.4) is 0 Å². The molecule has 0 aliphatic carbocycles. The number of thiazole rings is 1. The molecule has 0 bridgehead atoms. The minimum atomic E-state index is 0. The fraction of sp³-hybridized carbons (Fsp3) is 0.524. The Morgan fingerprint density at radius 1 is 1.17 bits per heavy atom. The van der Waals surface area contributed by atoms with Gasteiger partial charge in [0.2, 0.25) is 0 Å². The van der Waals surface area contributed by atoms with Gasteiger partial charge in [0.1, 0.15) is 0 Å². The van der Waals surface area contributed by atoms with E-state index in [9.17, 15) is 0 Å². The molecule has 0 amide bonds. The number of nitrogens with one attached hydrogen (secondary N) is 2. The van der Waals surface area contributed by atoms with E-state index in [1.165, 1.54) is 16.0 Å². The van der Waals surface area contributed by atoms with Gasteiger partial charge in [-0.05, 0) is 25.0 Å². The van der Waals surface area contributed by atoms with Gasteiger partial charge in [-0.3, -0.25) is 9.89 Å². The molecule has 0 saturated carbocycles. The molecule has 0 unspecified atom stereocenters. The van der Waals surface area contributed by atoms with E-state index in [0.29, 0.717) is 0 Å². The lowest BCUT2D eigenvalue weighted by Crippen LogP contribution is -2.38. The Bertz CT molecular complexity index is 789. The molecular formula is C21H32IN5OS. The molecule has 0 radical (unpaired) electrons. The molecule has 1 aliphatic heterocycles. The molecule has 1 aliphatic rings. The predicted molar refractivity (Wildman–Crippen MR) is 131 cm³/mol. The lowest BCUT2D eigenvalue weighted by molar-refractivity contribution is 0.0341. The first-order chi connectivity index (χ1) is 13.7. The maximum atomic E-state index is 5.46. The van der Waals surface area contributed by atoms with E-state index in [2.05, 4.69) is 63.6 Å². The van der Waals surface area contributed by atoms with Gasteiger partial charge in [0, 0.05) is 51.1 Å². The monoisotopic (exact) mass is 529 g/mol. The molecule has 2 N–H and O–H groups in total. The summed E-state index contributed by atoms with van der Waals surface area (Å²) in [5.74, 6) is 0.833. The number of halogens is 1. The van der Waals surface area contributed by atoms with Crippen LogP contribution in [0.15, 0.2) is 29.3 Å². The topological polar surface area (TPSA) is 61.8 Å². The summed E-state index contributed by atoms with van der Waals surface area (Å²) >= 11 is 1.78. The number of ether oxygens (including phenoxy) is 1. The van der Waals surface area contributed by atoms with E-state index in [1.54, 1.807) is 11.3 Å². The average Bonchev–Trinajstić information content (AvgIpc) is 3.03. The van der Waals surface area contributed by atoms with Gasteiger partial charge in [0.05, 0.1) is 23.9 Å². The molecule has 1 aromatic heterocycles. The van der Waals surface area contributed by atoms with E-state index in [0.717, 1.165) is 69.0 Å². The molecule has 2 aromatic rings. The zero-order valence-electron chi connectivity index (χ0n) is 17.5. The highest BCUT2D eigenvalue weighted by Gasteiger charge is 2.13. The van der Waals surface area contributed by atoms with Crippen LogP contribution in [0, 0.1) is 13.8 Å². The molecule has 6 nitrogen and oxygen atoms in total. The number of morpholine rings is 1. The van der Waals surface area contributed by atoms with Crippen molar-refractivity contribution in [3.63, 3.8) is 0 Å². The summed E-state index contributed by atoms with van der Waals surface area (Å²) < 4.78 is 5.46. The summed E-state index contributed by atoms with van der Waals surface area (Å²) in [5, 5.41) is 8.00. The second-order valence-electron chi connectivity index (χ2n) is 7.00. The zero-order valence-corrected chi connectivity index (χ0v) is 20.7. The molecule has 8 heteroatoms. The minimum Gasteiger partial charge on any atom is -0.379 e. The quantitative estimate of drug-likeness (QED) is 0.328. The van der Waals surface area contributed by atoms with Crippen molar-refractivity contribution in [2.75, 3.05) is 39.9 Å². The van der Waals surface area contributed by atoms with Crippen molar-refractivity contribution < 1.29 is 4.74 Å². The summed E-state index contributed by atoms with van der Waals surface area (Å²) in [6, 6.07) is 8.63. The third kappa shape index (κ3) is 7.51. The molecule has 0 atom stereocenters. The maximum Gasteiger partial charge on any atom is 0.191 e. The van der Waals surface area contributed by atoms with Crippen LogP contribution in [0.25, 0.3) is 0 Å². The Hall–Kier alpha value is -1.23. The van der Waals surface area contributed by atoms with E-state index in [-0.39, 0.29) is 24.0 Å². The second kappa shape index (κ2) is 12.5. The Labute approximate surface area is 195 Å². The first-order valence-corrected chi connectivity index (χ1v) is 10.7. The predicted octanol–water partition coefficient (Wildman–Crippen LogP) is 3.12. The fourth-order valence-corrected chi connectivity index (χ4v) is 4.32. The van der Waals surface area contributed by atoms with E-state index >= 15 is 0 Å². The number of rotatable bonds is 7. The number of aryl methyl sites for hydroxylation is 2. The summed E-state index contributed by atoms with van der Waals surface area (Å²) in [6.07, 6.45) is 0.964. The normalized spacial score (nSPS) is 15.1. The minimum absolute atomic E-state index is 0. The highest BCUT2D eigenvalue weighted by Crippen LogP contribution is 2.17. The summed E-state index contributed by atoms with van der Waals surface area (Å²) in [5.41, 5.74) is 3.82. The molecule has 3 rings (SSSR count). The summed E-state index contributed by atoms with van der Waals surface area (Å²) in [7, 11) is 1.82. The molecule has 29 heavy (non-hydrogen) atoms. The zero-order chi connectivity index (χ0) is 19.8. The first-order valence-electron chi connectivity index (χ1n) is 9.90. The Kier molecular flexibility index (Phi) is 10.3. The fourth-order valence-electron chi connectivity index (χ4n) is 3.38.